The van der Waals surface area contributed by atoms with Crippen molar-refractivity contribution in [2.75, 3.05) is 46.1 Å². The number of urea groups is 1. The van der Waals surface area contributed by atoms with Crippen molar-refractivity contribution in [3.8, 4) is 11.3 Å². The molecule has 0 unspecified atom stereocenters. The summed E-state index contributed by atoms with van der Waals surface area (Å²) in [6.07, 6.45) is 4.59. The van der Waals surface area contributed by atoms with Gasteiger partial charge >= 0.3 is 6.03 Å². The molecule has 2 N–H and O–H groups in total. The molecule has 2 saturated heterocycles. The Morgan fingerprint density at radius 2 is 2.06 bits per heavy atom. The predicted octanol–water partition coefficient (Wildman–Crippen LogP) is 2.79. The number of fused-ring (bicyclic) bond motifs is 2. The number of hydrogen-bond acceptors (Lipinski definition) is 6. The Balaban J connectivity index is 1.37. The fourth-order valence-corrected chi connectivity index (χ4v) is 5.43. The Bertz CT molecular complexity index is 1250. The summed E-state index contributed by atoms with van der Waals surface area (Å²) in [4.78, 5) is 30.1. The maximum atomic E-state index is 13.4. The molecule has 35 heavy (non-hydrogen) atoms. The van der Waals surface area contributed by atoms with Crippen molar-refractivity contribution in [2.45, 2.75) is 38.9 Å². The van der Waals surface area contributed by atoms with Gasteiger partial charge in [-0.25, -0.2) is 14.8 Å². The number of rotatable bonds is 2. The van der Waals surface area contributed by atoms with Crippen molar-refractivity contribution < 1.29 is 14.3 Å². The van der Waals surface area contributed by atoms with Gasteiger partial charge < -0.3 is 29.6 Å². The molecule has 2 atom stereocenters. The summed E-state index contributed by atoms with van der Waals surface area (Å²) >= 11 is 0. The minimum Gasteiger partial charge on any atom is -0.378 e. The van der Waals surface area contributed by atoms with E-state index in [9.17, 15) is 4.79 Å². The number of hydrogen-bond donors (Lipinski definition) is 2. The lowest BCUT2D eigenvalue weighted by Crippen LogP contribution is -2.53. The van der Waals surface area contributed by atoms with Gasteiger partial charge in [-0.1, -0.05) is 0 Å². The number of nitrogens with one attached hydrogen (secondary N) is 2. The zero-order chi connectivity index (χ0) is 23.9. The summed E-state index contributed by atoms with van der Waals surface area (Å²) in [6, 6.07) is 4.74. The third kappa shape index (κ3) is 4.17. The number of aryl methyl sites for hydroxylation is 1. The highest BCUT2D eigenvalue weighted by Gasteiger charge is 2.32. The minimum absolute atomic E-state index is 0.0838. The van der Waals surface area contributed by atoms with E-state index in [0.717, 1.165) is 41.0 Å². The monoisotopic (exact) mass is 476 g/mol. The van der Waals surface area contributed by atoms with E-state index < -0.39 is 0 Å². The van der Waals surface area contributed by atoms with Crippen molar-refractivity contribution in [2.24, 2.45) is 0 Å². The highest BCUT2D eigenvalue weighted by atomic mass is 16.5. The standard InChI is InChI=1S/C26H32N6O3/c1-16-11-28-25-24(16)30-22(12-29-25)19-9-18-3-5-31(26(33)32-6-8-35-14-17(32)2)13-21(18)20(10-19)23-15-34-7-4-27-23/h9-12,17,23,27H,3-8,13-15H2,1-2H3,(H,28,29)/t17-,23-/m0/s1. The van der Waals surface area contributed by atoms with E-state index in [1.807, 2.05) is 29.1 Å². The van der Waals surface area contributed by atoms with Crippen LogP contribution in [0.2, 0.25) is 0 Å². The number of aromatic nitrogens is 3. The second-order valence-electron chi connectivity index (χ2n) is 9.78. The molecule has 3 aliphatic rings. The Morgan fingerprint density at radius 3 is 2.89 bits per heavy atom. The topological polar surface area (TPSA) is 95.6 Å². The molecule has 2 fully saturated rings. The molecule has 184 valence electrons. The van der Waals surface area contributed by atoms with Gasteiger partial charge in [0.1, 0.15) is 5.52 Å². The fourth-order valence-electron chi connectivity index (χ4n) is 5.43. The first kappa shape index (κ1) is 22.5. The fraction of sp³-hybridized carbons (Fsp3) is 0.500. The summed E-state index contributed by atoms with van der Waals surface area (Å²) in [6.45, 7) is 9.39. The van der Waals surface area contributed by atoms with Crippen LogP contribution in [0.25, 0.3) is 22.4 Å². The highest BCUT2D eigenvalue weighted by Crippen LogP contribution is 2.34. The summed E-state index contributed by atoms with van der Waals surface area (Å²) in [5.41, 5.74) is 8.40. The molecular weight excluding hydrogens is 444 g/mol. The molecule has 0 radical (unpaired) electrons. The van der Waals surface area contributed by atoms with E-state index in [1.54, 1.807) is 0 Å². The molecule has 0 spiro atoms. The summed E-state index contributed by atoms with van der Waals surface area (Å²) in [7, 11) is 0. The van der Waals surface area contributed by atoms with Crippen LogP contribution >= 0.6 is 0 Å². The minimum atomic E-state index is 0.0838. The normalized spacial score (nSPS) is 22.9. The molecular formula is C26H32N6O3. The Labute approximate surface area is 204 Å². The Hall–Kier alpha value is -3.01. The van der Waals surface area contributed by atoms with Crippen molar-refractivity contribution in [3.63, 3.8) is 0 Å². The molecule has 6 rings (SSSR count). The van der Waals surface area contributed by atoms with E-state index in [4.69, 9.17) is 14.5 Å². The van der Waals surface area contributed by atoms with Crippen LogP contribution in [0, 0.1) is 6.92 Å². The van der Waals surface area contributed by atoms with Crippen molar-refractivity contribution in [1.82, 2.24) is 30.1 Å². The van der Waals surface area contributed by atoms with Gasteiger partial charge in [0.15, 0.2) is 5.65 Å². The average molecular weight is 477 g/mol. The zero-order valence-electron chi connectivity index (χ0n) is 20.3. The van der Waals surface area contributed by atoms with Crippen LogP contribution in [-0.2, 0) is 22.4 Å². The third-order valence-electron chi connectivity index (χ3n) is 7.42. The van der Waals surface area contributed by atoms with Crippen LogP contribution in [-0.4, -0.2) is 82.9 Å². The van der Waals surface area contributed by atoms with Gasteiger partial charge in [-0.05, 0) is 54.7 Å². The molecule has 2 aromatic heterocycles. The van der Waals surface area contributed by atoms with Gasteiger partial charge in [0.25, 0.3) is 0 Å². The molecule has 0 saturated carbocycles. The van der Waals surface area contributed by atoms with Crippen LogP contribution in [0.5, 0.6) is 0 Å². The maximum absolute atomic E-state index is 13.4. The lowest BCUT2D eigenvalue weighted by atomic mass is 9.88. The largest absolute Gasteiger partial charge is 0.378 e. The van der Waals surface area contributed by atoms with Crippen LogP contribution in [0.4, 0.5) is 4.79 Å². The number of morpholine rings is 2. The molecule has 9 nitrogen and oxygen atoms in total. The zero-order valence-corrected chi connectivity index (χ0v) is 20.3. The summed E-state index contributed by atoms with van der Waals surface area (Å²) in [5, 5.41) is 3.62. The first-order chi connectivity index (χ1) is 17.1. The summed E-state index contributed by atoms with van der Waals surface area (Å²) in [5.74, 6) is 0. The number of carbonyl (C=O) groups is 1. The van der Waals surface area contributed by atoms with Crippen LogP contribution in [0.1, 0.15) is 35.2 Å². The molecule has 0 bridgehead atoms. The van der Waals surface area contributed by atoms with Gasteiger partial charge in [0.2, 0.25) is 0 Å². The van der Waals surface area contributed by atoms with Crippen molar-refractivity contribution in [1.29, 1.82) is 0 Å². The number of ether oxygens (including phenoxy) is 2. The van der Waals surface area contributed by atoms with E-state index in [1.165, 1.54) is 16.7 Å². The number of carbonyl (C=O) groups excluding carboxylic acids is 1. The van der Waals surface area contributed by atoms with Gasteiger partial charge in [0.05, 0.1) is 50.4 Å². The number of aromatic amines is 1. The SMILES string of the molecule is Cc1c[nH]c2ncc(-c3cc4c(c([C@@H]5COCCN5)c3)CN(C(=O)N3CCOC[C@@H]3C)CC4)nc12. The van der Waals surface area contributed by atoms with Gasteiger partial charge in [-0.2, -0.15) is 0 Å². The molecule has 3 aliphatic heterocycles. The number of nitrogens with zero attached hydrogens (tertiary/aromatic N) is 4. The van der Waals surface area contributed by atoms with E-state index in [-0.39, 0.29) is 18.1 Å². The number of benzene rings is 1. The quantitative estimate of drug-likeness (QED) is 0.591. The molecule has 2 amide bonds. The Morgan fingerprint density at radius 1 is 1.17 bits per heavy atom. The van der Waals surface area contributed by atoms with Crippen molar-refractivity contribution >= 4 is 17.2 Å². The lowest BCUT2D eigenvalue weighted by Gasteiger charge is -2.40. The Kier molecular flexibility index (Phi) is 5.91. The smallest absolute Gasteiger partial charge is 0.320 e. The number of amides is 2. The average Bonchev–Trinajstić information content (AvgIpc) is 3.28. The van der Waals surface area contributed by atoms with Gasteiger partial charge in [-0.3, -0.25) is 0 Å². The molecule has 3 aromatic rings. The lowest BCUT2D eigenvalue weighted by molar-refractivity contribution is 0.00929. The van der Waals surface area contributed by atoms with E-state index in [2.05, 4.69) is 34.3 Å². The second kappa shape index (κ2) is 9.22. The van der Waals surface area contributed by atoms with E-state index in [0.29, 0.717) is 46.1 Å². The number of H-pyrrole nitrogens is 1. The third-order valence-corrected chi connectivity index (χ3v) is 7.42. The second-order valence-corrected chi connectivity index (χ2v) is 9.78. The van der Waals surface area contributed by atoms with Crippen LogP contribution < -0.4 is 5.32 Å². The van der Waals surface area contributed by atoms with Crippen LogP contribution in [0.15, 0.2) is 24.5 Å². The summed E-state index contributed by atoms with van der Waals surface area (Å²) < 4.78 is 11.4. The highest BCUT2D eigenvalue weighted by molar-refractivity contribution is 5.78. The molecule has 1 aromatic carbocycles. The first-order valence-corrected chi connectivity index (χ1v) is 12.5. The molecule has 5 heterocycles. The van der Waals surface area contributed by atoms with Crippen LogP contribution in [0.3, 0.4) is 0 Å². The van der Waals surface area contributed by atoms with Crippen molar-refractivity contribution in [3.05, 3.63) is 46.8 Å². The first-order valence-electron chi connectivity index (χ1n) is 12.5. The maximum Gasteiger partial charge on any atom is 0.320 e. The van der Waals surface area contributed by atoms with E-state index >= 15 is 0 Å². The van der Waals surface area contributed by atoms with Gasteiger partial charge in [0, 0.05) is 37.9 Å². The molecule has 0 aliphatic carbocycles. The van der Waals surface area contributed by atoms with Gasteiger partial charge in [-0.15, -0.1) is 0 Å². The predicted molar refractivity (Wildman–Crippen MR) is 132 cm³/mol. The molecule has 9 heteroatoms.